The summed E-state index contributed by atoms with van der Waals surface area (Å²) in [6.45, 7) is 0.938. The standard InChI is InChI=1S/C12H15FN2O2/c13-7-9-3-2-6-15(8-9)11-10(12(16)17)4-1-5-14-11/h1,4-5,9H,2-3,6-8H2,(H,16,17)/t9-/m0/s1. The summed E-state index contributed by atoms with van der Waals surface area (Å²) in [6.07, 6.45) is 3.31. The summed E-state index contributed by atoms with van der Waals surface area (Å²) in [5.41, 5.74) is 0.187. The molecule has 0 aliphatic carbocycles. The van der Waals surface area contributed by atoms with Crippen molar-refractivity contribution in [2.24, 2.45) is 5.92 Å². The van der Waals surface area contributed by atoms with Gasteiger partial charge in [0.25, 0.3) is 0 Å². The van der Waals surface area contributed by atoms with Crippen LogP contribution in [0.1, 0.15) is 23.2 Å². The highest BCUT2D eigenvalue weighted by atomic mass is 19.1. The van der Waals surface area contributed by atoms with Gasteiger partial charge in [0.2, 0.25) is 0 Å². The molecule has 1 saturated heterocycles. The molecule has 92 valence electrons. The summed E-state index contributed by atoms with van der Waals surface area (Å²) < 4.78 is 12.7. The first-order valence-corrected chi connectivity index (χ1v) is 5.71. The van der Waals surface area contributed by atoms with Gasteiger partial charge in [-0.2, -0.15) is 0 Å². The van der Waals surface area contributed by atoms with E-state index in [0.717, 1.165) is 19.4 Å². The van der Waals surface area contributed by atoms with Gasteiger partial charge in [0.1, 0.15) is 11.4 Å². The number of piperidine rings is 1. The Morgan fingerprint density at radius 2 is 2.47 bits per heavy atom. The Morgan fingerprint density at radius 1 is 1.65 bits per heavy atom. The lowest BCUT2D eigenvalue weighted by Crippen LogP contribution is -2.37. The monoisotopic (exact) mass is 238 g/mol. The molecule has 1 aliphatic heterocycles. The molecule has 0 bridgehead atoms. The molecule has 0 radical (unpaired) electrons. The van der Waals surface area contributed by atoms with Crippen molar-refractivity contribution in [2.75, 3.05) is 24.7 Å². The van der Waals surface area contributed by atoms with Crippen LogP contribution in [0, 0.1) is 5.92 Å². The molecule has 0 spiro atoms. The number of rotatable bonds is 3. The highest BCUT2D eigenvalue weighted by molar-refractivity contribution is 5.93. The lowest BCUT2D eigenvalue weighted by Gasteiger charge is -2.32. The molecule has 5 heteroatoms. The molecule has 0 aromatic carbocycles. The number of carboxylic acid groups (broad SMARTS) is 1. The number of alkyl halides is 1. The molecular formula is C12H15FN2O2. The second kappa shape index (κ2) is 5.12. The second-order valence-corrected chi connectivity index (χ2v) is 4.29. The average molecular weight is 238 g/mol. The van der Waals surface area contributed by atoms with E-state index < -0.39 is 5.97 Å². The van der Waals surface area contributed by atoms with Crippen LogP contribution in [0.15, 0.2) is 18.3 Å². The van der Waals surface area contributed by atoms with Gasteiger partial charge >= 0.3 is 5.97 Å². The summed E-state index contributed by atoms with van der Waals surface area (Å²) in [4.78, 5) is 17.1. The molecule has 17 heavy (non-hydrogen) atoms. The van der Waals surface area contributed by atoms with Crippen molar-refractivity contribution < 1.29 is 14.3 Å². The number of hydrogen-bond acceptors (Lipinski definition) is 3. The highest BCUT2D eigenvalue weighted by Crippen LogP contribution is 2.24. The van der Waals surface area contributed by atoms with Gasteiger partial charge in [-0.05, 0) is 25.0 Å². The van der Waals surface area contributed by atoms with Crippen LogP contribution in [0.25, 0.3) is 0 Å². The fourth-order valence-electron chi connectivity index (χ4n) is 2.20. The molecule has 4 nitrogen and oxygen atoms in total. The SMILES string of the molecule is O=C(O)c1cccnc1N1CCC[C@@H](CF)C1. The third-order valence-electron chi connectivity index (χ3n) is 3.05. The molecule has 0 unspecified atom stereocenters. The van der Waals surface area contributed by atoms with E-state index in [0.29, 0.717) is 12.4 Å². The minimum Gasteiger partial charge on any atom is -0.478 e. The van der Waals surface area contributed by atoms with E-state index in [1.807, 2.05) is 4.90 Å². The van der Waals surface area contributed by atoms with E-state index in [1.165, 1.54) is 6.07 Å². The normalized spacial score (nSPS) is 20.3. The number of aromatic nitrogens is 1. The van der Waals surface area contributed by atoms with Crippen molar-refractivity contribution in [1.29, 1.82) is 0 Å². The number of carbonyl (C=O) groups is 1. The van der Waals surface area contributed by atoms with Gasteiger partial charge in [0.15, 0.2) is 0 Å². The minimum absolute atomic E-state index is 0.00704. The molecule has 1 atom stereocenters. The van der Waals surface area contributed by atoms with Crippen molar-refractivity contribution in [2.45, 2.75) is 12.8 Å². The Hall–Kier alpha value is -1.65. The maximum Gasteiger partial charge on any atom is 0.339 e. The molecule has 1 N–H and O–H groups in total. The van der Waals surface area contributed by atoms with Crippen molar-refractivity contribution in [3.05, 3.63) is 23.9 Å². The average Bonchev–Trinajstić information content (AvgIpc) is 2.39. The molecule has 0 saturated carbocycles. The zero-order valence-electron chi connectivity index (χ0n) is 9.47. The highest BCUT2D eigenvalue weighted by Gasteiger charge is 2.24. The number of anilines is 1. The number of pyridine rings is 1. The molecule has 2 heterocycles. The van der Waals surface area contributed by atoms with Gasteiger partial charge in [-0.25, -0.2) is 9.78 Å². The largest absolute Gasteiger partial charge is 0.478 e. The van der Waals surface area contributed by atoms with Gasteiger partial charge in [0.05, 0.1) is 6.67 Å². The van der Waals surface area contributed by atoms with Crippen LogP contribution >= 0.6 is 0 Å². The lowest BCUT2D eigenvalue weighted by molar-refractivity contribution is 0.0697. The fourth-order valence-corrected chi connectivity index (χ4v) is 2.20. The Morgan fingerprint density at radius 3 is 3.18 bits per heavy atom. The Kier molecular flexibility index (Phi) is 3.56. The molecule has 1 aromatic heterocycles. The molecule has 2 rings (SSSR count). The van der Waals surface area contributed by atoms with E-state index in [2.05, 4.69) is 4.98 Å². The quantitative estimate of drug-likeness (QED) is 0.874. The second-order valence-electron chi connectivity index (χ2n) is 4.29. The number of nitrogens with zero attached hydrogens (tertiary/aromatic N) is 2. The Balaban J connectivity index is 2.24. The summed E-state index contributed by atoms with van der Waals surface area (Å²) in [5.74, 6) is -0.541. The smallest absolute Gasteiger partial charge is 0.339 e. The number of halogens is 1. The van der Waals surface area contributed by atoms with Gasteiger partial charge < -0.3 is 10.0 Å². The van der Waals surface area contributed by atoms with Crippen LogP contribution in [0.5, 0.6) is 0 Å². The van der Waals surface area contributed by atoms with E-state index in [4.69, 9.17) is 5.11 Å². The van der Waals surface area contributed by atoms with E-state index in [-0.39, 0.29) is 18.2 Å². The third kappa shape index (κ3) is 2.54. The zero-order valence-corrected chi connectivity index (χ0v) is 9.47. The number of carboxylic acids is 1. The van der Waals surface area contributed by atoms with Crippen molar-refractivity contribution in [3.8, 4) is 0 Å². The Bertz CT molecular complexity index is 411. The van der Waals surface area contributed by atoms with Crippen LogP contribution in [0.2, 0.25) is 0 Å². The van der Waals surface area contributed by atoms with Gasteiger partial charge in [-0.1, -0.05) is 0 Å². The van der Waals surface area contributed by atoms with E-state index in [9.17, 15) is 9.18 Å². The minimum atomic E-state index is -0.990. The predicted molar refractivity (Wildman–Crippen MR) is 62.1 cm³/mol. The van der Waals surface area contributed by atoms with Gasteiger partial charge in [-0.3, -0.25) is 4.39 Å². The van der Waals surface area contributed by atoms with Crippen molar-refractivity contribution >= 4 is 11.8 Å². The van der Waals surface area contributed by atoms with E-state index >= 15 is 0 Å². The van der Waals surface area contributed by atoms with Crippen molar-refractivity contribution in [1.82, 2.24) is 4.98 Å². The van der Waals surface area contributed by atoms with Gasteiger partial charge in [0, 0.05) is 25.2 Å². The molecule has 0 amide bonds. The van der Waals surface area contributed by atoms with Gasteiger partial charge in [-0.15, -0.1) is 0 Å². The van der Waals surface area contributed by atoms with Crippen LogP contribution in [0.4, 0.5) is 10.2 Å². The van der Waals surface area contributed by atoms with E-state index in [1.54, 1.807) is 12.3 Å². The third-order valence-corrected chi connectivity index (χ3v) is 3.05. The van der Waals surface area contributed by atoms with Crippen LogP contribution in [0.3, 0.4) is 0 Å². The topological polar surface area (TPSA) is 53.4 Å². The maximum atomic E-state index is 12.7. The fraction of sp³-hybridized carbons (Fsp3) is 0.500. The molecular weight excluding hydrogens is 223 g/mol. The molecule has 1 aliphatic rings. The summed E-state index contributed by atoms with van der Waals surface area (Å²) in [7, 11) is 0. The van der Waals surface area contributed by atoms with Crippen LogP contribution in [-0.4, -0.2) is 35.8 Å². The number of hydrogen-bond donors (Lipinski definition) is 1. The lowest BCUT2D eigenvalue weighted by atomic mass is 9.99. The maximum absolute atomic E-state index is 12.7. The number of aromatic carboxylic acids is 1. The summed E-state index contributed by atoms with van der Waals surface area (Å²) in [6, 6.07) is 3.13. The molecule has 1 fully saturated rings. The van der Waals surface area contributed by atoms with Crippen LogP contribution in [-0.2, 0) is 0 Å². The first-order chi connectivity index (χ1) is 8.22. The van der Waals surface area contributed by atoms with Crippen molar-refractivity contribution in [3.63, 3.8) is 0 Å². The first kappa shape index (κ1) is 11.8. The summed E-state index contributed by atoms with van der Waals surface area (Å²) >= 11 is 0. The first-order valence-electron chi connectivity index (χ1n) is 5.71. The zero-order chi connectivity index (χ0) is 12.3. The predicted octanol–water partition coefficient (Wildman–Crippen LogP) is 1.97. The van der Waals surface area contributed by atoms with Crippen LogP contribution < -0.4 is 4.90 Å². The summed E-state index contributed by atoms with van der Waals surface area (Å²) in [5, 5.41) is 9.08. The molecule has 1 aromatic rings. The Labute approximate surface area is 99.1 Å².